The lowest BCUT2D eigenvalue weighted by molar-refractivity contribution is 0.269. The third-order valence-electron chi connectivity index (χ3n) is 4.71. The summed E-state index contributed by atoms with van der Waals surface area (Å²) in [7, 11) is 0. The lowest BCUT2D eigenvalue weighted by Gasteiger charge is -2.14. The van der Waals surface area contributed by atoms with Crippen LogP contribution in [-0.2, 0) is 19.7 Å². The molecule has 0 unspecified atom stereocenters. The van der Waals surface area contributed by atoms with E-state index in [0.717, 1.165) is 33.7 Å². The molecule has 0 radical (unpaired) electrons. The smallest absolute Gasteiger partial charge is 0.161 e. The minimum Gasteiger partial charge on any atom is -0.490 e. The molecule has 0 aliphatic rings. The van der Waals surface area contributed by atoms with Gasteiger partial charge in [0.05, 0.1) is 24.2 Å². The van der Waals surface area contributed by atoms with Crippen molar-refractivity contribution in [3.8, 4) is 11.5 Å². The summed E-state index contributed by atoms with van der Waals surface area (Å²) in [6, 6.07) is 21.7. The zero-order valence-electron chi connectivity index (χ0n) is 16.8. The van der Waals surface area contributed by atoms with E-state index in [4.69, 9.17) is 21.1 Å². The molecule has 1 heterocycles. The van der Waals surface area contributed by atoms with E-state index in [2.05, 4.69) is 15.3 Å². The van der Waals surface area contributed by atoms with Gasteiger partial charge in [-0.15, -0.1) is 0 Å². The number of rotatable bonds is 9. The van der Waals surface area contributed by atoms with Gasteiger partial charge in [-0.1, -0.05) is 48.0 Å². The maximum absolute atomic E-state index is 6.22. The lowest BCUT2D eigenvalue weighted by Crippen LogP contribution is -2.14. The van der Waals surface area contributed by atoms with Crippen molar-refractivity contribution in [1.82, 2.24) is 15.3 Å². The Morgan fingerprint density at radius 1 is 0.933 bits per heavy atom. The van der Waals surface area contributed by atoms with Crippen LogP contribution in [0.25, 0.3) is 11.0 Å². The van der Waals surface area contributed by atoms with E-state index in [1.54, 1.807) is 0 Å². The van der Waals surface area contributed by atoms with Gasteiger partial charge < -0.3 is 19.8 Å². The Labute approximate surface area is 181 Å². The van der Waals surface area contributed by atoms with Crippen LogP contribution >= 0.6 is 11.6 Å². The minimum atomic E-state index is 0.392. The Balaban J connectivity index is 1.38. The van der Waals surface area contributed by atoms with Crippen LogP contribution < -0.4 is 14.8 Å². The van der Waals surface area contributed by atoms with E-state index < -0.39 is 0 Å². The molecule has 3 aromatic carbocycles. The second-order valence-electron chi connectivity index (χ2n) is 6.90. The van der Waals surface area contributed by atoms with Gasteiger partial charge in [-0.05, 0) is 42.8 Å². The van der Waals surface area contributed by atoms with E-state index >= 15 is 0 Å². The number of ether oxygens (including phenoxy) is 2. The molecule has 0 amide bonds. The monoisotopic (exact) mass is 421 g/mol. The van der Waals surface area contributed by atoms with Crippen LogP contribution in [0, 0.1) is 0 Å². The summed E-state index contributed by atoms with van der Waals surface area (Å²) in [5, 5.41) is 4.12. The van der Waals surface area contributed by atoms with Gasteiger partial charge in [0, 0.05) is 17.1 Å². The summed E-state index contributed by atoms with van der Waals surface area (Å²) < 4.78 is 11.8. The molecule has 0 saturated carbocycles. The molecule has 1 aromatic heterocycles. The molecule has 0 atom stereocenters. The molecule has 2 N–H and O–H groups in total. The van der Waals surface area contributed by atoms with Gasteiger partial charge in [-0.25, -0.2) is 4.98 Å². The standard InChI is InChI=1S/C24H24ClN3O2/c1-2-29-23-13-17(11-12-22(23)30-16-18-7-3-4-8-19(18)25)14-26-15-24-27-20-9-5-6-10-21(20)28-24/h3-13,26H,2,14-16H2,1H3,(H,27,28). The molecule has 0 fully saturated rings. The molecular formula is C24H24ClN3O2. The van der Waals surface area contributed by atoms with Crippen molar-refractivity contribution >= 4 is 22.6 Å². The fraction of sp³-hybridized carbons (Fsp3) is 0.208. The average Bonchev–Trinajstić information content (AvgIpc) is 3.17. The van der Waals surface area contributed by atoms with E-state index in [-0.39, 0.29) is 0 Å². The van der Waals surface area contributed by atoms with Crippen LogP contribution in [0.15, 0.2) is 66.7 Å². The van der Waals surface area contributed by atoms with E-state index in [0.29, 0.717) is 37.1 Å². The summed E-state index contributed by atoms with van der Waals surface area (Å²) >= 11 is 6.22. The first-order valence-electron chi connectivity index (χ1n) is 9.99. The first-order valence-corrected chi connectivity index (χ1v) is 10.4. The van der Waals surface area contributed by atoms with Crippen LogP contribution in [-0.4, -0.2) is 16.6 Å². The Hall–Kier alpha value is -3.02. The molecule has 4 aromatic rings. The number of nitrogens with one attached hydrogen (secondary N) is 2. The maximum Gasteiger partial charge on any atom is 0.161 e. The lowest BCUT2D eigenvalue weighted by atomic mass is 10.2. The maximum atomic E-state index is 6.22. The number of H-pyrrole nitrogens is 1. The molecule has 0 aliphatic heterocycles. The Kier molecular flexibility index (Phi) is 6.52. The van der Waals surface area contributed by atoms with E-state index in [9.17, 15) is 0 Å². The summed E-state index contributed by atoms with van der Waals surface area (Å²) in [5.74, 6) is 2.35. The number of aromatic nitrogens is 2. The number of halogens is 1. The molecule has 0 spiro atoms. The molecule has 0 saturated heterocycles. The van der Waals surface area contributed by atoms with Crippen molar-refractivity contribution in [2.24, 2.45) is 0 Å². The molecule has 5 nitrogen and oxygen atoms in total. The Morgan fingerprint density at radius 2 is 1.77 bits per heavy atom. The van der Waals surface area contributed by atoms with Gasteiger partial charge in [0.1, 0.15) is 12.4 Å². The highest BCUT2D eigenvalue weighted by atomic mass is 35.5. The SMILES string of the molecule is CCOc1cc(CNCc2nc3ccccc3[nH]2)ccc1OCc1ccccc1Cl. The topological polar surface area (TPSA) is 59.2 Å². The summed E-state index contributed by atoms with van der Waals surface area (Å²) in [4.78, 5) is 7.92. The number of para-hydroxylation sites is 2. The van der Waals surface area contributed by atoms with Gasteiger partial charge in [0.15, 0.2) is 11.5 Å². The fourth-order valence-electron chi connectivity index (χ4n) is 3.24. The number of nitrogens with zero attached hydrogens (tertiary/aromatic N) is 1. The Bertz CT molecular complexity index is 1090. The second-order valence-corrected chi connectivity index (χ2v) is 7.31. The van der Waals surface area contributed by atoms with Gasteiger partial charge in [0.25, 0.3) is 0 Å². The summed E-state index contributed by atoms with van der Waals surface area (Å²) in [6.07, 6.45) is 0. The molecule has 6 heteroatoms. The van der Waals surface area contributed by atoms with Crippen molar-refractivity contribution in [2.75, 3.05) is 6.61 Å². The largest absolute Gasteiger partial charge is 0.490 e. The highest BCUT2D eigenvalue weighted by molar-refractivity contribution is 6.31. The van der Waals surface area contributed by atoms with Crippen molar-refractivity contribution in [3.63, 3.8) is 0 Å². The molecular weight excluding hydrogens is 398 g/mol. The molecule has 30 heavy (non-hydrogen) atoms. The van der Waals surface area contributed by atoms with Crippen LogP contribution in [0.1, 0.15) is 23.9 Å². The number of hydrogen-bond donors (Lipinski definition) is 2. The number of hydrogen-bond acceptors (Lipinski definition) is 4. The molecule has 4 rings (SSSR count). The van der Waals surface area contributed by atoms with Crippen molar-refractivity contribution < 1.29 is 9.47 Å². The number of imidazole rings is 1. The van der Waals surface area contributed by atoms with Crippen LogP contribution in [0.2, 0.25) is 5.02 Å². The van der Waals surface area contributed by atoms with Gasteiger partial charge in [0.2, 0.25) is 0 Å². The first kappa shape index (κ1) is 20.3. The normalized spacial score (nSPS) is 11.0. The van der Waals surface area contributed by atoms with Crippen LogP contribution in [0.4, 0.5) is 0 Å². The van der Waals surface area contributed by atoms with Gasteiger partial charge in [-0.2, -0.15) is 0 Å². The number of benzene rings is 3. The van der Waals surface area contributed by atoms with Crippen LogP contribution in [0.5, 0.6) is 11.5 Å². The van der Waals surface area contributed by atoms with Crippen molar-refractivity contribution in [3.05, 3.63) is 88.7 Å². The number of aromatic amines is 1. The quantitative estimate of drug-likeness (QED) is 0.375. The zero-order chi connectivity index (χ0) is 20.8. The fourth-order valence-corrected chi connectivity index (χ4v) is 3.43. The summed E-state index contributed by atoms with van der Waals surface area (Å²) in [6.45, 7) is 4.28. The minimum absolute atomic E-state index is 0.392. The van der Waals surface area contributed by atoms with E-state index in [1.807, 2.05) is 73.7 Å². The van der Waals surface area contributed by atoms with Crippen molar-refractivity contribution in [1.29, 1.82) is 0 Å². The molecule has 154 valence electrons. The average molecular weight is 422 g/mol. The predicted molar refractivity (Wildman–Crippen MR) is 120 cm³/mol. The van der Waals surface area contributed by atoms with Gasteiger partial charge in [-0.3, -0.25) is 0 Å². The highest BCUT2D eigenvalue weighted by Gasteiger charge is 2.09. The summed E-state index contributed by atoms with van der Waals surface area (Å²) in [5.41, 5.74) is 4.08. The van der Waals surface area contributed by atoms with E-state index in [1.165, 1.54) is 0 Å². The first-order chi connectivity index (χ1) is 14.7. The second kappa shape index (κ2) is 9.65. The van der Waals surface area contributed by atoms with Crippen molar-refractivity contribution in [2.45, 2.75) is 26.6 Å². The third kappa shape index (κ3) is 4.93. The molecule has 0 bridgehead atoms. The van der Waals surface area contributed by atoms with Gasteiger partial charge >= 0.3 is 0 Å². The third-order valence-corrected chi connectivity index (χ3v) is 5.08. The molecule has 0 aliphatic carbocycles. The van der Waals surface area contributed by atoms with Crippen LogP contribution in [0.3, 0.4) is 0 Å². The zero-order valence-corrected chi connectivity index (χ0v) is 17.6. The highest BCUT2D eigenvalue weighted by Crippen LogP contribution is 2.30. The Morgan fingerprint density at radius 3 is 2.60 bits per heavy atom. The number of fused-ring (bicyclic) bond motifs is 1. The predicted octanol–water partition coefficient (Wildman–Crippen LogP) is 5.48.